The Kier molecular flexibility index (Phi) is 4.16. The predicted molar refractivity (Wildman–Crippen MR) is 64.4 cm³/mol. The molecule has 1 rings (SSSR count). The van der Waals surface area contributed by atoms with E-state index in [1.54, 1.807) is 27.7 Å². The van der Waals surface area contributed by atoms with Gasteiger partial charge in [-0.3, -0.25) is 4.79 Å². The molecule has 5 heteroatoms. The topological polar surface area (TPSA) is 76.7 Å². The van der Waals surface area contributed by atoms with E-state index in [1.807, 2.05) is 0 Å². The monoisotopic (exact) mass is 254 g/mol. The van der Waals surface area contributed by atoms with E-state index in [4.69, 9.17) is 14.3 Å². The predicted octanol–water partition coefficient (Wildman–Crippen LogP) is 2.50. The first kappa shape index (κ1) is 14.3. The van der Waals surface area contributed by atoms with Crippen LogP contribution in [0.15, 0.2) is 16.7 Å². The lowest BCUT2D eigenvalue weighted by Crippen LogP contribution is -2.28. The first-order chi connectivity index (χ1) is 8.19. The molecule has 0 spiro atoms. The zero-order valence-electron chi connectivity index (χ0n) is 11.0. The number of carboxylic acids is 1. The molecule has 18 heavy (non-hydrogen) atoms. The van der Waals surface area contributed by atoms with Crippen LogP contribution in [0.25, 0.3) is 0 Å². The van der Waals surface area contributed by atoms with Crippen molar-refractivity contribution in [3.05, 3.63) is 23.7 Å². The normalized spacial score (nSPS) is 13.1. The molecule has 100 valence electrons. The van der Waals surface area contributed by atoms with E-state index in [9.17, 15) is 9.59 Å². The fraction of sp³-hybridized carbons (Fsp3) is 0.538. The number of aromatic carboxylic acids is 1. The van der Waals surface area contributed by atoms with E-state index >= 15 is 0 Å². The van der Waals surface area contributed by atoms with E-state index in [-0.39, 0.29) is 17.5 Å². The average molecular weight is 254 g/mol. The van der Waals surface area contributed by atoms with Crippen LogP contribution in [0.3, 0.4) is 0 Å². The summed E-state index contributed by atoms with van der Waals surface area (Å²) in [7, 11) is 0. The van der Waals surface area contributed by atoms with Gasteiger partial charge in [-0.1, -0.05) is 6.92 Å². The van der Waals surface area contributed by atoms with Crippen LogP contribution < -0.4 is 0 Å². The van der Waals surface area contributed by atoms with Crippen molar-refractivity contribution in [2.24, 2.45) is 5.92 Å². The summed E-state index contributed by atoms with van der Waals surface area (Å²) in [6.45, 7) is 7.12. The number of carbonyl (C=O) groups excluding carboxylic acids is 1. The van der Waals surface area contributed by atoms with Crippen LogP contribution in [0.5, 0.6) is 0 Å². The summed E-state index contributed by atoms with van der Waals surface area (Å²) in [5, 5.41) is 8.74. The summed E-state index contributed by atoms with van der Waals surface area (Å²) < 4.78 is 10.3. The molecule has 0 saturated heterocycles. The largest absolute Gasteiger partial charge is 0.478 e. The summed E-state index contributed by atoms with van der Waals surface area (Å²) in [4.78, 5) is 22.4. The van der Waals surface area contributed by atoms with Gasteiger partial charge in [0.25, 0.3) is 0 Å². The minimum Gasteiger partial charge on any atom is -0.478 e. The highest BCUT2D eigenvalue weighted by atomic mass is 16.6. The Balaban J connectivity index is 2.61. The standard InChI is InChI=1S/C13H18O5/c1-8(12(16)18-13(2,3)4)5-10-6-9(7-17-10)11(14)15/h6-8H,5H2,1-4H3,(H,14,15). The van der Waals surface area contributed by atoms with Gasteiger partial charge in [0.05, 0.1) is 11.5 Å². The van der Waals surface area contributed by atoms with Crippen molar-refractivity contribution in [2.45, 2.75) is 39.7 Å². The third-order valence-electron chi connectivity index (χ3n) is 2.22. The maximum Gasteiger partial charge on any atom is 0.338 e. The highest BCUT2D eigenvalue weighted by molar-refractivity contribution is 5.87. The molecule has 1 N–H and O–H groups in total. The molecule has 1 aromatic rings. The molecule has 1 aromatic heterocycles. The number of carbonyl (C=O) groups is 2. The number of furan rings is 1. The van der Waals surface area contributed by atoms with Crippen molar-refractivity contribution in [1.29, 1.82) is 0 Å². The van der Waals surface area contributed by atoms with Crippen molar-refractivity contribution in [2.75, 3.05) is 0 Å². The van der Waals surface area contributed by atoms with Crippen LogP contribution in [0.1, 0.15) is 43.8 Å². The minimum absolute atomic E-state index is 0.0846. The number of esters is 1. The number of rotatable bonds is 4. The molecule has 0 saturated carbocycles. The number of hydrogen-bond donors (Lipinski definition) is 1. The Bertz CT molecular complexity index is 438. The molecule has 0 aliphatic carbocycles. The molecule has 1 unspecified atom stereocenters. The molecule has 0 amide bonds. The van der Waals surface area contributed by atoms with Gasteiger partial charge in [0.15, 0.2) is 0 Å². The van der Waals surface area contributed by atoms with Gasteiger partial charge in [-0.05, 0) is 26.8 Å². The Morgan fingerprint density at radius 2 is 2.06 bits per heavy atom. The van der Waals surface area contributed by atoms with Gasteiger partial charge >= 0.3 is 11.9 Å². The molecule has 1 heterocycles. The maximum atomic E-state index is 11.7. The zero-order valence-corrected chi connectivity index (χ0v) is 11.0. The summed E-state index contributed by atoms with van der Waals surface area (Å²) >= 11 is 0. The average Bonchev–Trinajstić information content (AvgIpc) is 2.63. The van der Waals surface area contributed by atoms with Crippen LogP contribution in [0, 0.1) is 5.92 Å². The van der Waals surface area contributed by atoms with Crippen molar-refractivity contribution >= 4 is 11.9 Å². The Morgan fingerprint density at radius 3 is 2.50 bits per heavy atom. The molecule has 5 nitrogen and oxygen atoms in total. The van der Waals surface area contributed by atoms with Gasteiger partial charge in [-0.2, -0.15) is 0 Å². The summed E-state index contributed by atoms with van der Waals surface area (Å²) in [5.41, 5.74) is -0.442. The van der Waals surface area contributed by atoms with Crippen molar-refractivity contribution < 1.29 is 23.8 Å². The van der Waals surface area contributed by atoms with Gasteiger partial charge in [0.2, 0.25) is 0 Å². The first-order valence-corrected chi connectivity index (χ1v) is 5.72. The minimum atomic E-state index is -1.05. The number of ether oxygens (including phenoxy) is 1. The van der Waals surface area contributed by atoms with E-state index in [0.29, 0.717) is 12.2 Å². The lowest BCUT2D eigenvalue weighted by atomic mass is 10.1. The maximum absolute atomic E-state index is 11.7. The Labute approximate surface area is 106 Å². The van der Waals surface area contributed by atoms with Gasteiger partial charge in [-0.15, -0.1) is 0 Å². The molecule has 1 atom stereocenters. The zero-order chi connectivity index (χ0) is 13.9. The molecule has 0 bridgehead atoms. The number of hydrogen-bond acceptors (Lipinski definition) is 4. The summed E-state index contributed by atoms with van der Waals surface area (Å²) in [6.07, 6.45) is 1.49. The van der Waals surface area contributed by atoms with Crippen LogP contribution >= 0.6 is 0 Å². The van der Waals surface area contributed by atoms with E-state index in [1.165, 1.54) is 12.3 Å². The van der Waals surface area contributed by atoms with Crippen LogP contribution in [-0.4, -0.2) is 22.6 Å². The molecule has 0 aliphatic heterocycles. The molecular weight excluding hydrogens is 236 g/mol. The second-order valence-electron chi connectivity index (χ2n) is 5.25. The third kappa shape index (κ3) is 4.24. The van der Waals surface area contributed by atoms with Gasteiger partial charge in [-0.25, -0.2) is 4.79 Å². The lowest BCUT2D eigenvalue weighted by Gasteiger charge is -2.21. The van der Waals surface area contributed by atoms with Crippen LogP contribution in [-0.2, 0) is 16.0 Å². The van der Waals surface area contributed by atoms with E-state index in [0.717, 1.165) is 0 Å². The fourth-order valence-corrected chi connectivity index (χ4v) is 1.39. The smallest absolute Gasteiger partial charge is 0.338 e. The summed E-state index contributed by atoms with van der Waals surface area (Å²) in [5.74, 6) is -1.28. The molecular formula is C13H18O5. The number of carboxylic acid groups (broad SMARTS) is 1. The van der Waals surface area contributed by atoms with Gasteiger partial charge < -0.3 is 14.3 Å². The van der Waals surface area contributed by atoms with E-state index in [2.05, 4.69) is 0 Å². The second-order valence-corrected chi connectivity index (χ2v) is 5.25. The molecule has 0 aliphatic rings. The Hall–Kier alpha value is -1.78. The molecule has 0 fully saturated rings. The molecule has 0 radical (unpaired) electrons. The van der Waals surface area contributed by atoms with Crippen LogP contribution in [0.4, 0.5) is 0 Å². The highest BCUT2D eigenvalue weighted by Crippen LogP contribution is 2.17. The quantitative estimate of drug-likeness (QED) is 0.835. The van der Waals surface area contributed by atoms with Gasteiger partial charge in [0.1, 0.15) is 17.6 Å². The Morgan fingerprint density at radius 1 is 1.44 bits per heavy atom. The second kappa shape index (κ2) is 5.25. The van der Waals surface area contributed by atoms with Crippen molar-refractivity contribution in [3.63, 3.8) is 0 Å². The van der Waals surface area contributed by atoms with Gasteiger partial charge in [0, 0.05) is 6.42 Å². The first-order valence-electron chi connectivity index (χ1n) is 5.72. The fourth-order valence-electron chi connectivity index (χ4n) is 1.39. The highest BCUT2D eigenvalue weighted by Gasteiger charge is 2.23. The lowest BCUT2D eigenvalue weighted by molar-refractivity contribution is -0.159. The molecule has 0 aromatic carbocycles. The summed E-state index contributed by atoms with van der Waals surface area (Å²) in [6, 6.07) is 1.42. The van der Waals surface area contributed by atoms with E-state index < -0.39 is 11.6 Å². The SMILES string of the molecule is CC(Cc1cc(C(=O)O)co1)C(=O)OC(C)(C)C. The van der Waals surface area contributed by atoms with Crippen molar-refractivity contribution in [3.8, 4) is 0 Å². The van der Waals surface area contributed by atoms with Crippen molar-refractivity contribution in [1.82, 2.24) is 0 Å². The van der Waals surface area contributed by atoms with Crippen LogP contribution in [0.2, 0.25) is 0 Å². The third-order valence-corrected chi connectivity index (χ3v) is 2.22.